The molecule has 1 fully saturated rings. The first kappa shape index (κ1) is 15.9. The lowest BCUT2D eigenvalue weighted by atomic mass is 10.0. The van der Waals surface area contributed by atoms with Crippen molar-refractivity contribution in [3.63, 3.8) is 0 Å². The van der Waals surface area contributed by atoms with E-state index in [1.807, 2.05) is 48.4 Å². The van der Waals surface area contributed by atoms with Gasteiger partial charge in [-0.05, 0) is 19.1 Å². The van der Waals surface area contributed by atoms with Crippen LogP contribution >= 0.6 is 0 Å². The Bertz CT molecular complexity index is 898. The van der Waals surface area contributed by atoms with E-state index in [1.165, 1.54) is 0 Å². The number of nitrogens with zero attached hydrogens (tertiary/aromatic N) is 2. The number of ether oxygens (including phenoxy) is 1. The van der Waals surface area contributed by atoms with Crippen LogP contribution in [0.3, 0.4) is 0 Å². The highest BCUT2D eigenvalue weighted by Gasteiger charge is 2.36. The third-order valence-electron chi connectivity index (χ3n) is 4.93. The van der Waals surface area contributed by atoms with Crippen LogP contribution in [0.1, 0.15) is 21.8 Å². The molecular weight excluding hydrogens is 318 g/mol. The summed E-state index contributed by atoms with van der Waals surface area (Å²) in [5.41, 5.74) is 2.46. The summed E-state index contributed by atoms with van der Waals surface area (Å²) < 4.78 is 11.0. The van der Waals surface area contributed by atoms with E-state index in [2.05, 4.69) is 10.1 Å². The Balaban J connectivity index is 1.55. The maximum atomic E-state index is 13.0. The Labute approximate surface area is 145 Å². The number of carbonyl (C=O) groups is 1. The summed E-state index contributed by atoms with van der Waals surface area (Å²) in [6.45, 7) is 3.14. The molecule has 0 radical (unpaired) electrons. The second kappa shape index (κ2) is 6.37. The van der Waals surface area contributed by atoms with Crippen LogP contribution in [-0.4, -0.2) is 47.3 Å². The van der Waals surface area contributed by atoms with Crippen molar-refractivity contribution in [2.75, 3.05) is 20.2 Å². The van der Waals surface area contributed by atoms with E-state index in [4.69, 9.17) is 9.26 Å². The standard InChI is InChI=1S/C19H21N3O3/c1-12-8-15(25-21-12)9-14-10-22(11-17(14)24-2)19(23)16-5-3-4-13-6-7-20-18(13)16/h3-8,14,17,20H,9-11H2,1-2H3. The Kier molecular flexibility index (Phi) is 4.05. The molecule has 0 saturated carbocycles. The van der Waals surface area contributed by atoms with Gasteiger partial charge in [-0.2, -0.15) is 0 Å². The lowest BCUT2D eigenvalue weighted by molar-refractivity contribution is 0.0673. The van der Waals surface area contributed by atoms with Gasteiger partial charge in [0, 0.05) is 50.2 Å². The molecule has 1 aromatic carbocycles. The third-order valence-corrected chi connectivity index (χ3v) is 4.93. The number of hydrogen-bond donors (Lipinski definition) is 1. The van der Waals surface area contributed by atoms with Crippen LogP contribution in [0.4, 0.5) is 0 Å². The normalized spacial score (nSPS) is 20.5. The van der Waals surface area contributed by atoms with E-state index in [-0.39, 0.29) is 17.9 Å². The van der Waals surface area contributed by atoms with E-state index < -0.39 is 0 Å². The predicted molar refractivity (Wildman–Crippen MR) is 93.4 cm³/mol. The van der Waals surface area contributed by atoms with Crippen molar-refractivity contribution in [3.8, 4) is 0 Å². The monoisotopic (exact) mass is 339 g/mol. The number of carbonyl (C=O) groups excluding carboxylic acids is 1. The summed E-state index contributed by atoms with van der Waals surface area (Å²) in [7, 11) is 1.70. The summed E-state index contributed by atoms with van der Waals surface area (Å²) >= 11 is 0. The first-order chi connectivity index (χ1) is 12.2. The molecule has 0 bridgehead atoms. The number of amides is 1. The minimum Gasteiger partial charge on any atom is -0.379 e. The Hall–Kier alpha value is -2.60. The first-order valence-electron chi connectivity index (χ1n) is 8.46. The average Bonchev–Trinajstić information content (AvgIpc) is 3.33. The molecule has 6 nitrogen and oxygen atoms in total. The van der Waals surface area contributed by atoms with Gasteiger partial charge in [0.05, 0.1) is 22.9 Å². The van der Waals surface area contributed by atoms with Gasteiger partial charge >= 0.3 is 0 Å². The second-order valence-corrected chi connectivity index (χ2v) is 6.63. The smallest absolute Gasteiger partial charge is 0.256 e. The number of H-pyrrole nitrogens is 1. The molecule has 2 aromatic heterocycles. The average molecular weight is 339 g/mol. The number of benzene rings is 1. The van der Waals surface area contributed by atoms with Crippen molar-refractivity contribution in [2.24, 2.45) is 5.92 Å². The number of aryl methyl sites for hydroxylation is 1. The van der Waals surface area contributed by atoms with Gasteiger partial charge in [-0.3, -0.25) is 4.79 Å². The maximum absolute atomic E-state index is 13.0. The summed E-state index contributed by atoms with van der Waals surface area (Å²) in [4.78, 5) is 18.1. The molecule has 130 valence electrons. The summed E-state index contributed by atoms with van der Waals surface area (Å²) in [5.74, 6) is 1.07. The molecule has 1 N–H and O–H groups in total. The fraction of sp³-hybridized carbons (Fsp3) is 0.368. The predicted octanol–water partition coefficient (Wildman–Crippen LogP) is 2.79. The van der Waals surface area contributed by atoms with Crippen molar-refractivity contribution in [3.05, 3.63) is 53.5 Å². The molecule has 25 heavy (non-hydrogen) atoms. The highest BCUT2D eigenvalue weighted by molar-refractivity contribution is 6.05. The van der Waals surface area contributed by atoms with Gasteiger partial charge in [0.15, 0.2) is 0 Å². The zero-order chi connectivity index (χ0) is 17.4. The van der Waals surface area contributed by atoms with Gasteiger partial charge in [0.25, 0.3) is 5.91 Å². The number of likely N-dealkylation sites (tertiary alicyclic amines) is 1. The van der Waals surface area contributed by atoms with E-state index in [0.717, 1.165) is 28.8 Å². The fourth-order valence-corrected chi connectivity index (χ4v) is 3.67. The quantitative estimate of drug-likeness (QED) is 0.793. The minimum absolute atomic E-state index is 0.00259. The molecule has 0 spiro atoms. The zero-order valence-electron chi connectivity index (χ0n) is 14.4. The topological polar surface area (TPSA) is 71.4 Å². The van der Waals surface area contributed by atoms with Crippen molar-refractivity contribution < 1.29 is 14.1 Å². The molecule has 1 saturated heterocycles. The van der Waals surface area contributed by atoms with Gasteiger partial charge in [0.2, 0.25) is 0 Å². The van der Waals surface area contributed by atoms with Crippen LogP contribution in [0.2, 0.25) is 0 Å². The molecule has 6 heteroatoms. The van der Waals surface area contributed by atoms with Crippen molar-refractivity contribution in [1.82, 2.24) is 15.0 Å². The van der Waals surface area contributed by atoms with Crippen molar-refractivity contribution in [1.29, 1.82) is 0 Å². The van der Waals surface area contributed by atoms with Crippen molar-refractivity contribution >= 4 is 16.8 Å². The molecule has 2 atom stereocenters. The lowest BCUT2D eigenvalue weighted by Crippen LogP contribution is -2.30. The van der Waals surface area contributed by atoms with E-state index in [9.17, 15) is 4.79 Å². The molecule has 0 aliphatic carbocycles. The first-order valence-corrected chi connectivity index (χ1v) is 8.46. The number of aromatic amines is 1. The molecule has 1 aliphatic heterocycles. The lowest BCUT2D eigenvalue weighted by Gasteiger charge is -2.16. The SMILES string of the molecule is COC1CN(C(=O)c2cccc3cc[nH]c23)CC1Cc1cc(C)no1. The van der Waals surface area contributed by atoms with Gasteiger partial charge in [-0.15, -0.1) is 0 Å². The molecule has 2 unspecified atom stereocenters. The van der Waals surface area contributed by atoms with E-state index in [0.29, 0.717) is 18.7 Å². The number of nitrogens with one attached hydrogen (secondary N) is 1. The maximum Gasteiger partial charge on any atom is 0.256 e. The Morgan fingerprint density at radius 1 is 1.40 bits per heavy atom. The molecule has 3 heterocycles. The number of hydrogen-bond acceptors (Lipinski definition) is 4. The summed E-state index contributed by atoms with van der Waals surface area (Å²) in [5, 5.41) is 4.98. The highest BCUT2D eigenvalue weighted by Crippen LogP contribution is 2.27. The van der Waals surface area contributed by atoms with Gasteiger partial charge in [0.1, 0.15) is 5.76 Å². The third kappa shape index (κ3) is 2.93. The molecule has 1 aliphatic rings. The van der Waals surface area contributed by atoms with E-state index in [1.54, 1.807) is 7.11 Å². The van der Waals surface area contributed by atoms with Crippen LogP contribution in [0.25, 0.3) is 10.9 Å². The van der Waals surface area contributed by atoms with Crippen LogP contribution in [0.15, 0.2) is 41.1 Å². The largest absolute Gasteiger partial charge is 0.379 e. The van der Waals surface area contributed by atoms with Crippen LogP contribution in [-0.2, 0) is 11.2 Å². The van der Waals surface area contributed by atoms with Crippen molar-refractivity contribution in [2.45, 2.75) is 19.4 Å². The van der Waals surface area contributed by atoms with Crippen LogP contribution < -0.4 is 0 Å². The van der Waals surface area contributed by atoms with Gasteiger partial charge in [-0.1, -0.05) is 17.3 Å². The van der Waals surface area contributed by atoms with Gasteiger partial charge in [-0.25, -0.2) is 0 Å². The van der Waals surface area contributed by atoms with Crippen LogP contribution in [0.5, 0.6) is 0 Å². The zero-order valence-corrected chi connectivity index (χ0v) is 14.4. The number of rotatable bonds is 4. The molecular formula is C19H21N3O3. The summed E-state index contributed by atoms with van der Waals surface area (Å²) in [6.07, 6.45) is 2.58. The van der Waals surface area contributed by atoms with Gasteiger partial charge < -0.3 is 19.1 Å². The second-order valence-electron chi connectivity index (χ2n) is 6.63. The minimum atomic E-state index is -0.00259. The Morgan fingerprint density at radius 2 is 2.28 bits per heavy atom. The number of para-hydroxylation sites is 1. The molecule has 3 aromatic rings. The fourth-order valence-electron chi connectivity index (χ4n) is 3.67. The Morgan fingerprint density at radius 3 is 3.04 bits per heavy atom. The van der Waals surface area contributed by atoms with Crippen LogP contribution in [0, 0.1) is 12.8 Å². The summed E-state index contributed by atoms with van der Waals surface area (Å²) in [6, 6.07) is 9.71. The number of methoxy groups -OCH3 is 1. The number of aromatic nitrogens is 2. The highest BCUT2D eigenvalue weighted by atomic mass is 16.5. The molecule has 4 rings (SSSR count). The molecule has 1 amide bonds. The number of fused-ring (bicyclic) bond motifs is 1. The van der Waals surface area contributed by atoms with E-state index >= 15 is 0 Å².